The Labute approximate surface area is 89.7 Å². The van der Waals surface area contributed by atoms with E-state index in [-0.39, 0.29) is 5.92 Å². The molecule has 0 aliphatic heterocycles. The van der Waals surface area contributed by atoms with Gasteiger partial charge in [0.2, 0.25) is 0 Å². The Kier molecular flexibility index (Phi) is 3.14. The minimum Gasteiger partial charge on any atom is -0.299 e. The number of carbonyl (C=O) groups excluding carboxylic acids is 1. The largest absolute Gasteiger partial charge is 0.299 e. The average Bonchev–Trinajstić information content (AvgIpc) is 2.87. The van der Waals surface area contributed by atoms with E-state index < -0.39 is 0 Å². The average molecular weight is 207 g/mol. The fourth-order valence-electron chi connectivity index (χ4n) is 2.24. The number of aryl methyl sites for hydroxylation is 1. The van der Waals surface area contributed by atoms with Crippen LogP contribution in [0, 0.1) is 5.92 Å². The first kappa shape index (κ1) is 10.3. The molecule has 0 bridgehead atoms. The van der Waals surface area contributed by atoms with Gasteiger partial charge in [-0.15, -0.1) is 0 Å². The van der Waals surface area contributed by atoms with Gasteiger partial charge in [0.1, 0.15) is 17.9 Å². The third kappa shape index (κ3) is 2.25. The standard InChI is InChI=1S/C11H17N3O/c1-2-14-11(12-8-13-14)7-10(15)9-5-3-4-6-9/h8-9H,2-7H2,1H3. The van der Waals surface area contributed by atoms with E-state index in [2.05, 4.69) is 10.1 Å². The van der Waals surface area contributed by atoms with Crippen LogP contribution in [0.4, 0.5) is 0 Å². The molecule has 1 aliphatic rings. The van der Waals surface area contributed by atoms with Crippen LogP contribution in [0.3, 0.4) is 0 Å². The van der Waals surface area contributed by atoms with Crippen LogP contribution in [0.25, 0.3) is 0 Å². The van der Waals surface area contributed by atoms with E-state index in [1.807, 2.05) is 6.92 Å². The van der Waals surface area contributed by atoms with Gasteiger partial charge < -0.3 is 0 Å². The summed E-state index contributed by atoms with van der Waals surface area (Å²) in [7, 11) is 0. The van der Waals surface area contributed by atoms with Gasteiger partial charge in [0.25, 0.3) is 0 Å². The molecule has 0 N–H and O–H groups in total. The predicted octanol–water partition coefficient (Wildman–Crippen LogP) is 1.60. The molecular weight excluding hydrogens is 190 g/mol. The number of hydrogen-bond donors (Lipinski definition) is 0. The Bertz CT molecular complexity index is 339. The lowest BCUT2D eigenvalue weighted by Crippen LogP contribution is -2.17. The van der Waals surface area contributed by atoms with Crippen molar-refractivity contribution < 1.29 is 4.79 Å². The summed E-state index contributed by atoms with van der Waals surface area (Å²) in [5.74, 6) is 1.44. The Hall–Kier alpha value is -1.19. The Morgan fingerprint density at radius 2 is 2.27 bits per heavy atom. The van der Waals surface area contributed by atoms with Gasteiger partial charge >= 0.3 is 0 Å². The first-order chi connectivity index (χ1) is 7.31. The van der Waals surface area contributed by atoms with Crippen LogP contribution in [0.1, 0.15) is 38.4 Å². The van der Waals surface area contributed by atoms with E-state index in [9.17, 15) is 4.79 Å². The van der Waals surface area contributed by atoms with E-state index in [4.69, 9.17) is 0 Å². The number of hydrogen-bond acceptors (Lipinski definition) is 3. The first-order valence-corrected chi connectivity index (χ1v) is 5.70. The fourth-order valence-corrected chi connectivity index (χ4v) is 2.24. The van der Waals surface area contributed by atoms with Gasteiger partial charge in [0.05, 0.1) is 6.42 Å². The van der Waals surface area contributed by atoms with Crippen molar-refractivity contribution in [2.24, 2.45) is 5.92 Å². The number of ketones is 1. The zero-order valence-electron chi connectivity index (χ0n) is 9.15. The molecule has 0 unspecified atom stereocenters. The van der Waals surface area contributed by atoms with Gasteiger partial charge in [0, 0.05) is 12.5 Å². The highest BCUT2D eigenvalue weighted by Gasteiger charge is 2.23. The molecule has 4 heteroatoms. The van der Waals surface area contributed by atoms with Crippen LogP contribution in [-0.4, -0.2) is 20.5 Å². The Balaban J connectivity index is 1.98. The van der Waals surface area contributed by atoms with E-state index in [0.29, 0.717) is 12.2 Å². The van der Waals surface area contributed by atoms with Crippen LogP contribution in [0.5, 0.6) is 0 Å². The summed E-state index contributed by atoms with van der Waals surface area (Å²) in [4.78, 5) is 16.0. The van der Waals surface area contributed by atoms with Gasteiger partial charge in [-0.3, -0.25) is 4.79 Å². The summed E-state index contributed by atoms with van der Waals surface area (Å²) >= 11 is 0. The lowest BCUT2D eigenvalue weighted by atomic mass is 10.00. The highest BCUT2D eigenvalue weighted by molar-refractivity contribution is 5.82. The molecule has 0 spiro atoms. The smallest absolute Gasteiger partial charge is 0.143 e. The first-order valence-electron chi connectivity index (χ1n) is 5.70. The van der Waals surface area contributed by atoms with E-state index in [1.165, 1.54) is 19.2 Å². The van der Waals surface area contributed by atoms with Crippen LogP contribution < -0.4 is 0 Å². The Morgan fingerprint density at radius 1 is 1.53 bits per heavy atom. The van der Waals surface area contributed by atoms with E-state index in [0.717, 1.165) is 25.2 Å². The Morgan fingerprint density at radius 3 is 2.93 bits per heavy atom. The lowest BCUT2D eigenvalue weighted by molar-refractivity contribution is -0.122. The molecule has 82 valence electrons. The van der Waals surface area contributed by atoms with Crippen LogP contribution in [0.15, 0.2) is 6.33 Å². The zero-order valence-corrected chi connectivity index (χ0v) is 9.15. The SMILES string of the molecule is CCn1ncnc1CC(=O)C1CCCC1. The van der Waals surface area contributed by atoms with Crippen molar-refractivity contribution in [2.75, 3.05) is 0 Å². The summed E-state index contributed by atoms with van der Waals surface area (Å²) < 4.78 is 1.80. The molecule has 1 saturated carbocycles. The number of carbonyl (C=O) groups is 1. The van der Waals surface area contributed by atoms with Gasteiger partial charge in [-0.25, -0.2) is 9.67 Å². The molecule has 0 amide bonds. The van der Waals surface area contributed by atoms with Gasteiger partial charge in [-0.05, 0) is 19.8 Å². The molecule has 15 heavy (non-hydrogen) atoms. The number of Topliss-reactive ketones (excluding diaryl/α,β-unsaturated/α-hetero) is 1. The van der Waals surface area contributed by atoms with Gasteiger partial charge in [0.15, 0.2) is 0 Å². The topological polar surface area (TPSA) is 47.8 Å². The molecule has 0 radical (unpaired) electrons. The minimum absolute atomic E-state index is 0.284. The predicted molar refractivity (Wildman–Crippen MR) is 56.4 cm³/mol. The third-order valence-electron chi connectivity index (χ3n) is 3.14. The maximum Gasteiger partial charge on any atom is 0.143 e. The van der Waals surface area contributed by atoms with Crippen molar-refractivity contribution in [1.29, 1.82) is 0 Å². The molecule has 1 aromatic rings. The van der Waals surface area contributed by atoms with Crippen molar-refractivity contribution >= 4 is 5.78 Å². The summed E-state index contributed by atoms with van der Waals surface area (Å²) in [6.07, 6.45) is 6.53. The van der Waals surface area contributed by atoms with Crippen molar-refractivity contribution in [1.82, 2.24) is 14.8 Å². The summed E-state index contributed by atoms with van der Waals surface area (Å²) in [5.41, 5.74) is 0. The number of rotatable bonds is 4. The lowest BCUT2D eigenvalue weighted by Gasteiger charge is -2.07. The zero-order chi connectivity index (χ0) is 10.7. The quantitative estimate of drug-likeness (QED) is 0.753. The normalized spacial score (nSPS) is 17.1. The van der Waals surface area contributed by atoms with E-state index in [1.54, 1.807) is 4.68 Å². The van der Waals surface area contributed by atoms with Crippen LogP contribution in [-0.2, 0) is 17.8 Å². The van der Waals surface area contributed by atoms with Crippen LogP contribution >= 0.6 is 0 Å². The third-order valence-corrected chi connectivity index (χ3v) is 3.14. The molecule has 0 aromatic carbocycles. The van der Waals surface area contributed by atoms with E-state index >= 15 is 0 Å². The van der Waals surface area contributed by atoms with Gasteiger partial charge in [-0.1, -0.05) is 12.8 Å². The van der Waals surface area contributed by atoms with Crippen molar-refractivity contribution in [3.8, 4) is 0 Å². The summed E-state index contributed by atoms with van der Waals surface area (Å²) in [5, 5.41) is 4.07. The fraction of sp³-hybridized carbons (Fsp3) is 0.727. The van der Waals surface area contributed by atoms with Crippen molar-refractivity contribution in [2.45, 2.75) is 45.6 Å². The maximum absolute atomic E-state index is 11.9. The molecular formula is C11H17N3O. The summed E-state index contributed by atoms with van der Waals surface area (Å²) in [6.45, 7) is 2.80. The van der Waals surface area contributed by atoms with Crippen LogP contribution in [0.2, 0.25) is 0 Å². The molecule has 1 fully saturated rings. The maximum atomic E-state index is 11.9. The molecule has 2 rings (SSSR count). The molecule has 0 saturated heterocycles. The highest BCUT2D eigenvalue weighted by atomic mass is 16.1. The second-order valence-electron chi connectivity index (χ2n) is 4.12. The molecule has 1 heterocycles. The van der Waals surface area contributed by atoms with Gasteiger partial charge in [-0.2, -0.15) is 5.10 Å². The van der Waals surface area contributed by atoms with Crippen molar-refractivity contribution in [3.05, 3.63) is 12.2 Å². The minimum atomic E-state index is 0.284. The monoisotopic (exact) mass is 207 g/mol. The molecule has 0 atom stereocenters. The van der Waals surface area contributed by atoms with Crippen molar-refractivity contribution in [3.63, 3.8) is 0 Å². The number of nitrogens with zero attached hydrogens (tertiary/aromatic N) is 3. The second-order valence-corrected chi connectivity index (χ2v) is 4.12. The number of aromatic nitrogens is 3. The highest BCUT2D eigenvalue weighted by Crippen LogP contribution is 2.26. The molecule has 1 aromatic heterocycles. The second kappa shape index (κ2) is 4.55. The molecule has 1 aliphatic carbocycles. The summed E-state index contributed by atoms with van der Waals surface area (Å²) in [6, 6.07) is 0. The molecule has 4 nitrogen and oxygen atoms in total.